The first-order valence-electron chi connectivity index (χ1n) is 8.29. The molecule has 1 aromatic carbocycles. The van der Waals surface area contributed by atoms with Crippen LogP contribution in [0.4, 0.5) is 0 Å². The highest BCUT2D eigenvalue weighted by atomic mass is 16.4. The van der Waals surface area contributed by atoms with Gasteiger partial charge in [0.05, 0.1) is 24.0 Å². The summed E-state index contributed by atoms with van der Waals surface area (Å²) in [5, 5.41) is 14.5. The monoisotopic (exact) mass is 369 g/mol. The molecular formula is C19H19N3O5. The maximum absolute atomic E-state index is 12.6. The number of benzene rings is 1. The van der Waals surface area contributed by atoms with Gasteiger partial charge in [-0.25, -0.2) is 9.48 Å². The number of hydrogen-bond donors (Lipinski definition) is 1. The maximum atomic E-state index is 12.6. The molecule has 0 aliphatic heterocycles. The molecule has 0 atom stereocenters. The van der Waals surface area contributed by atoms with Crippen LogP contribution in [0, 0.1) is 6.92 Å². The fourth-order valence-electron chi connectivity index (χ4n) is 2.94. The van der Waals surface area contributed by atoms with Gasteiger partial charge in [0.1, 0.15) is 17.1 Å². The van der Waals surface area contributed by atoms with Gasteiger partial charge in [0, 0.05) is 19.5 Å². The van der Waals surface area contributed by atoms with Crippen LogP contribution in [0.3, 0.4) is 0 Å². The van der Waals surface area contributed by atoms with Crippen LogP contribution in [0.1, 0.15) is 27.6 Å². The highest BCUT2D eigenvalue weighted by molar-refractivity contribution is 5.89. The molecule has 8 heteroatoms. The lowest BCUT2D eigenvalue weighted by molar-refractivity contribution is -0.130. The zero-order valence-corrected chi connectivity index (χ0v) is 15.2. The van der Waals surface area contributed by atoms with E-state index in [0.29, 0.717) is 28.0 Å². The summed E-state index contributed by atoms with van der Waals surface area (Å²) in [5.74, 6) is -0.613. The van der Waals surface area contributed by atoms with Crippen molar-refractivity contribution in [1.29, 1.82) is 0 Å². The Labute approximate surface area is 154 Å². The van der Waals surface area contributed by atoms with Crippen LogP contribution in [0.15, 0.2) is 39.5 Å². The number of nitrogens with zero attached hydrogens (tertiary/aromatic N) is 3. The molecule has 0 aliphatic rings. The van der Waals surface area contributed by atoms with Crippen LogP contribution in [-0.2, 0) is 24.8 Å². The smallest absolute Gasteiger partial charge is 0.339 e. The van der Waals surface area contributed by atoms with Crippen molar-refractivity contribution in [1.82, 2.24) is 14.7 Å². The summed E-state index contributed by atoms with van der Waals surface area (Å²) in [5.41, 5.74) is 0.366. The fraction of sp³-hybridized carbons (Fsp3) is 0.263. The summed E-state index contributed by atoms with van der Waals surface area (Å²) in [6.45, 7) is 1.70. The SMILES string of the molecule is Cc1oc(CN(C)C(=O)Cc2nn(C)c(=O)c3ccccc23)cc1C(=O)O. The number of aromatic carboxylic acids is 1. The lowest BCUT2D eigenvalue weighted by atomic mass is 10.1. The quantitative estimate of drug-likeness (QED) is 0.734. The molecule has 27 heavy (non-hydrogen) atoms. The van der Waals surface area contributed by atoms with Crippen LogP contribution >= 0.6 is 0 Å². The number of fused-ring (bicyclic) bond motifs is 1. The molecule has 1 amide bonds. The maximum Gasteiger partial charge on any atom is 0.339 e. The van der Waals surface area contributed by atoms with Crippen molar-refractivity contribution >= 4 is 22.6 Å². The lowest BCUT2D eigenvalue weighted by Gasteiger charge is -2.16. The van der Waals surface area contributed by atoms with E-state index in [4.69, 9.17) is 9.52 Å². The van der Waals surface area contributed by atoms with E-state index < -0.39 is 5.97 Å². The molecule has 0 saturated heterocycles. The van der Waals surface area contributed by atoms with Gasteiger partial charge in [0.2, 0.25) is 5.91 Å². The normalized spacial score (nSPS) is 10.9. The summed E-state index contributed by atoms with van der Waals surface area (Å²) < 4.78 is 6.64. The lowest BCUT2D eigenvalue weighted by Crippen LogP contribution is -2.29. The minimum Gasteiger partial charge on any atom is -0.478 e. The Morgan fingerprint density at radius 2 is 1.93 bits per heavy atom. The molecule has 140 valence electrons. The average Bonchev–Trinajstić information content (AvgIpc) is 2.99. The molecule has 3 rings (SSSR count). The molecule has 0 saturated carbocycles. The molecule has 0 unspecified atom stereocenters. The van der Waals surface area contributed by atoms with E-state index in [9.17, 15) is 14.4 Å². The Bertz CT molecular complexity index is 1100. The Hall–Kier alpha value is -3.42. The van der Waals surface area contributed by atoms with Crippen LogP contribution in [0.5, 0.6) is 0 Å². The van der Waals surface area contributed by atoms with Crippen molar-refractivity contribution in [3.8, 4) is 0 Å². The van der Waals surface area contributed by atoms with E-state index in [1.165, 1.54) is 15.6 Å². The third-order valence-electron chi connectivity index (χ3n) is 4.37. The zero-order valence-electron chi connectivity index (χ0n) is 15.2. The summed E-state index contributed by atoms with van der Waals surface area (Å²) in [4.78, 5) is 37.3. The minimum atomic E-state index is -1.07. The Balaban J connectivity index is 1.82. The zero-order chi connectivity index (χ0) is 19.7. The van der Waals surface area contributed by atoms with Crippen molar-refractivity contribution in [2.45, 2.75) is 19.9 Å². The van der Waals surface area contributed by atoms with Crippen molar-refractivity contribution < 1.29 is 19.1 Å². The average molecular weight is 369 g/mol. The molecule has 3 aromatic rings. The van der Waals surface area contributed by atoms with Gasteiger partial charge in [-0.1, -0.05) is 18.2 Å². The number of rotatable bonds is 5. The number of carbonyl (C=O) groups excluding carboxylic acids is 1. The van der Waals surface area contributed by atoms with Gasteiger partial charge in [-0.05, 0) is 19.1 Å². The first-order valence-corrected chi connectivity index (χ1v) is 8.29. The number of carbonyl (C=O) groups is 2. The Kier molecular flexibility index (Phi) is 4.81. The third kappa shape index (κ3) is 3.59. The van der Waals surface area contributed by atoms with Crippen molar-refractivity contribution in [3.63, 3.8) is 0 Å². The van der Waals surface area contributed by atoms with E-state index in [-0.39, 0.29) is 30.0 Å². The molecule has 0 aliphatic carbocycles. The number of hydrogen-bond acceptors (Lipinski definition) is 5. The second-order valence-electron chi connectivity index (χ2n) is 6.34. The molecule has 0 radical (unpaired) electrons. The van der Waals surface area contributed by atoms with E-state index in [1.54, 1.807) is 45.3 Å². The number of likely N-dealkylation sites (N-methyl/N-ethyl adjacent to an activating group) is 1. The van der Waals surface area contributed by atoms with Crippen molar-refractivity contribution in [2.75, 3.05) is 7.05 Å². The molecular weight excluding hydrogens is 350 g/mol. The second-order valence-corrected chi connectivity index (χ2v) is 6.34. The fourth-order valence-corrected chi connectivity index (χ4v) is 2.94. The van der Waals surface area contributed by atoms with E-state index in [1.807, 2.05) is 0 Å². The van der Waals surface area contributed by atoms with Gasteiger partial charge < -0.3 is 14.4 Å². The van der Waals surface area contributed by atoms with Crippen LogP contribution in [0.2, 0.25) is 0 Å². The number of aryl methyl sites for hydroxylation is 2. The van der Waals surface area contributed by atoms with Crippen molar-refractivity contribution in [2.24, 2.45) is 7.05 Å². The number of carboxylic acid groups (broad SMARTS) is 1. The summed E-state index contributed by atoms with van der Waals surface area (Å²) in [6.07, 6.45) is 0.0105. The standard InChI is InChI=1S/C19H19N3O5/c1-11-15(19(25)26)8-12(27-11)10-21(2)17(23)9-16-13-6-4-5-7-14(13)18(24)22(3)20-16/h4-8H,9-10H2,1-3H3,(H,25,26). The van der Waals surface area contributed by atoms with Crippen LogP contribution in [0.25, 0.3) is 10.8 Å². The predicted molar refractivity (Wildman–Crippen MR) is 97.6 cm³/mol. The number of aromatic nitrogens is 2. The molecule has 0 spiro atoms. The number of carboxylic acids is 1. The number of furan rings is 1. The second kappa shape index (κ2) is 7.06. The first kappa shape index (κ1) is 18.4. The van der Waals surface area contributed by atoms with Gasteiger partial charge in [-0.15, -0.1) is 0 Å². The van der Waals surface area contributed by atoms with E-state index in [0.717, 1.165) is 0 Å². The van der Waals surface area contributed by atoms with E-state index in [2.05, 4.69) is 5.10 Å². The predicted octanol–water partition coefficient (Wildman–Crippen LogP) is 1.73. The third-order valence-corrected chi connectivity index (χ3v) is 4.37. The molecule has 1 N–H and O–H groups in total. The topological polar surface area (TPSA) is 106 Å². The summed E-state index contributed by atoms with van der Waals surface area (Å²) >= 11 is 0. The van der Waals surface area contributed by atoms with Gasteiger partial charge in [0.15, 0.2) is 0 Å². The first-order chi connectivity index (χ1) is 12.8. The minimum absolute atomic E-state index is 0.0105. The van der Waals surface area contributed by atoms with Crippen LogP contribution < -0.4 is 5.56 Å². The highest BCUT2D eigenvalue weighted by Gasteiger charge is 2.19. The molecule has 0 bridgehead atoms. The summed E-state index contributed by atoms with van der Waals surface area (Å²) in [7, 11) is 3.15. The van der Waals surface area contributed by atoms with Gasteiger partial charge in [-0.2, -0.15) is 5.10 Å². The highest BCUT2D eigenvalue weighted by Crippen LogP contribution is 2.18. The molecule has 0 fully saturated rings. The molecule has 2 heterocycles. The number of amides is 1. The van der Waals surface area contributed by atoms with E-state index >= 15 is 0 Å². The van der Waals surface area contributed by atoms with Crippen molar-refractivity contribution in [3.05, 3.63) is 63.5 Å². The Morgan fingerprint density at radius 1 is 1.26 bits per heavy atom. The van der Waals surface area contributed by atoms with Gasteiger partial charge in [-0.3, -0.25) is 9.59 Å². The van der Waals surface area contributed by atoms with Crippen LogP contribution in [-0.4, -0.2) is 38.7 Å². The summed E-state index contributed by atoms with van der Waals surface area (Å²) in [6, 6.07) is 8.44. The largest absolute Gasteiger partial charge is 0.478 e. The van der Waals surface area contributed by atoms with Gasteiger partial charge >= 0.3 is 5.97 Å². The molecule has 8 nitrogen and oxygen atoms in total. The van der Waals surface area contributed by atoms with Gasteiger partial charge in [0.25, 0.3) is 5.56 Å². The molecule has 2 aromatic heterocycles. The Morgan fingerprint density at radius 3 is 2.56 bits per heavy atom.